The maximum atomic E-state index is 12.3. The molecular formula is C23H28N4O4S. The molecule has 2 aromatic carbocycles. The fraction of sp³-hybridized carbons (Fsp3) is 0.348. The Morgan fingerprint density at radius 1 is 1.22 bits per heavy atom. The molecule has 2 N–H and O–H groups in total. The van der Waals surface area contributed by atoms with Gasteiger partial charge in [0.25, 0.3) is 0 Å². The molecule has 0 aliphatic carbocycles. The minimum atomic E-state index is -3.60. The third kappa shape index (κ3) is 5.12. The van der Waals surface area contributed by atoms with E-state index in [1.54, 1.807) is 7.05 Å². The third-order valence-electron chi connectivity index (χ3n) is 5.61. The summed E-state index contributed by atoms with van der Waals surface area (Å²) in [4.78, 5) is 0.132. The molecule has 9 heteroatoms. The molecule has 0 saturated carbocycles. The van der Waals surface area contributed by atoms with Gasteiger partial charge in [-0.3, -0.25) is 4.68 Å². The zero-order chi connectivity index (χ0) is 22.6. The first-order valence-electron chi connectivity index (χ1n) is 10.6. The van der Waals surface area contributed by atoms with E-state index in [2.05, 4.69) is 39.4 Å². The quantitative estimate of drug-likeness (QED) is 0.479. The molecule has 0 spiro atoms. The molecule has 2 atom stereocenters. The molecule has 3 aromatic rings. The highest BCUT2D eigenvalue weighted by Crippen LogP contribution is 2.38. The van der Waals surface area contributed by atoms with Crippen LogP contribution in [0, 0.1) is 0 Å². The van der Waals surface area contributed by atoms with E-state index in [1.807, 2.05) is 31.3 Å². The second kappa shape index (κ2) is 9.72. The zero-order valence-corrected chi connectivity index (χ0v) is 19.0. The van der Waals surface area contributed by atoms with Crippen molar-refractivity contribution in [3.05, 3.63) is 72.1 Å². The lowest BCUT2D eigenvalue weighted by Gasteiger charge is -2.34. The molecule has 0 saturated heterocycles. The number of benzene rings is 2. The molecule has 170 valence electrons. The molecule has 0 bridgehead atoms. The molecule has 1 aromatic heterocycles. The van der Waals surface area contributed by atoms with Crippen LogP contribution < -0.4 is 19.5 Å². The second-order valence-corrected chi connectivity index (χ2v) is 9.56. The van der Waals surface area contributed by atoms with Gasteiger partial charge >= 0.3 is 0 Å². The van der Waals surface area contributed by atoms with Crippen LogP contribution in [0.25, 0.3) is 0 Å². The van der Waals surface area contributed by atoms with E-state index in [4.69, 9.17) is 9.47 Å². The van der Waals surface area contributed by atoms with Crippen molar-refractivity contribution in [3.63, 3.8) is 0 Å². The maximum absolute atomic E-state index is 12.3. The maximum Gasteiger partial charge on any atom is 0.243 e. The number of hydrogen-bond acceptors (Lipinski definition) is 6. The van der Waals surface area contributed by atoms with Crippen LogP contribution in [0.1, 0.15) is 17.0 Å². The van der Waals surface area contributed by atoms with Gasteiger partial charge in [-0.1, -0.05) is 30.3 Å². The number of fused-ring (bicyclic) bond motifs is 1. The van der Waals surface area contributed by atoms with Crippen LogP contribution in [0.4, 0.5) is 0 Å². The first-order valence-corrected chi connectivity index (χ1v) is 12.0. The highest BCUT2D eigenvalue weighted by molar-refractivity contribution is 7.89. The van der Waals surface area contributed by atoms with Crippen molar-refractivity contribution in [1.29, 1.82) is 0 Å². The van der Waals surface area contributed by atoms with Crippen LogP contribution in [-0.4, -0.2) is 51.0 Å². The molecule has 0 unspecified atom stereocenters. The Labute approximate surface area is 188 Å². The summed E-state index contributed by atoms with van der Waals surface area (Å²) in [7, 11) is 0.0185. The normalized spacial score (nSPS) is 18.1. The smallest absolute Gasteiger partial charge is 0.243 e. The minimum absolute atomic E-state index is 0.132. The Hall–Kier alpha value is -2.88. The molecule has 8 nitrogen and oxygen atoms in total. The fourth-order valence-electron chi connectivity index (χ4n) is 3.92. The Morgan fingerprint density at radius 3 is 2.75 bits per heavy atom. The summed E-state index contributed by atoms with van der Waals surface area (Å²) in [6.45, 7) is 0.965. The lowest BCUT2D eigenvalue weighted by atomic mass is 9.84. The molecule has 0 radical (unpaired) electrons. The van der Waals surface area contributed by atoms with Gasteiger partial charge in [0.05, 0.1) is 6.20 Å². The SMILES string of the molecule is CN[C@@H]1COc2ccc(OCCNS(=O)(=O)c3cnn(C)c3)cc2[C@H]1Cc1ccccc1. The van der Waals surface area contributed by atoms with Crippen LogP contribution in [0.2, 0.25) is 0 Å². The zero-order valence-electron chi connectivity index (χ0n) is 18.2. The summed E-state index contributed by atoms with van der Waals surface area (Å²) in [5, 5.41) is 7.27. The summed E-state index contributed by atoms with van der Waals surface area (Å²) in [6.07, 6.45) is 3.66. The van der Waals surface area contributed by atoms with Crippen molar-refractivity contribution in [2.75, 3.05) is 26.8 Å². The van der Waals surface area contributed by atoms with E-state index in [0.717, 1.165) is 17.7 Å². The third-order valence-corrected chi connectivity index (χ3v) is 7.02. The highest BCUT2D eigenvalue weighted by atomic mass is 32.2. The van der Waals surface area contributed by atoms with Gasteiger partial charge in [-0.05, 0) is 37.2 Å². The average Bonchev–Trinajstić information content (AvgIpc) is 3.25. The Morgan fingerprint density at radius 2 is 2.03 bits per heavy atom. The van der Waals surface area contributed by atoms with Gasteiger partial charge in [0.15, 0.2) is 0 Å². The second-order valence-electron chi connectivity index (χ2n) is 7.80. The number of nitrogens with one attached hydrogen (secondary N) is 2. The van der Waals surface area contributed by atoms with E-state index in [-0.39, 0.29) is 30.0 Å². The Balaban J connectivity index is 1.42. The van der Waals surface area contributed by atoms with Gasteiger partial charge in [0.2, 0.25) is 10.0 Å². The number of hydrogen-bond donors (Lipinski definition) is 2. The van der Waals surface area contributed by atoms with Crippen molar-refractivity contribution in [2.24, 2.45) is 7.05 Å². The van der Waals surface area contributed by atoms with Crippen LogP contribution in [0.3, 0.4) is 0 Å². The Kier molecular flexibility index (Phi) is 6.78. The van der Waals surface area contributed by atoms with Crippen molar-refractivity contribution < 1.29 is 17.9 Å². The average molecular weight is 457 g/mol. The van der Waals surface area contributed by atoms with Crippen molar-refractivity contribution in [3.8, 4) is 11.5 Å². The topological polar surface area (TPSA) is 94.5 Å². The predicted octanol–water partition coefficient (Wildman–Crippen LogP) is 2.08. The lowest BCUT2D eigenvalue weighted by molar-refractivity contribution is 0.217. The molecule has 1 aliphatic rings. The monoisotopic (exact) mass is 456 g/mol. The van der Waals surface area contributed by atoms with Crippen molar-refractivity contribution >= 4 is 10.0 Å². The van der Waals surface area contributed by atoms with Crippen LogP contribution in [-0.2, 0) is 23.5 Å². The number of aromatic nitrogens is 2. The van der Waals surface area contributed by atoms with E-state index < -0.39 is 10.0 Å². The number of sulfonamides is 1. The lowest BCUT2D eigenvalue weighted by Crippen LogP contribution is -2.41. The predicted molar refractivity (Wildman–Crippen MR) is 122 cm³/mol. The summed E-state index contributed by atoms with van der Waals surface area (Å²) >= 11 is 0. The van der Waals surface area contributed by atoms with Crippen molar-refractivity contribution in [1.82, 2.24) is 19.8 Å². The number of rotatable bonds is 9. The number of nitrogens with zero attached hydrogens (tertiary/aromatic N) is 2. The van der Waals surface area contributed by atoms with E-state index in [0.29, 0.717) is 12.4 Å². The summed E-state index contributed by atoms with van der Waals surface area (Å²) in [5.74, 6) is 1.78. The first-order chi connectivity index (χ1) is 15.5. The molecule has 32 heavy (non-hydrogen) atoms. The molecule has 2 heterocycles. The fourth-order valence-corrected chi connectivity index (χ4v) is 4.92. The molecular weight excluding hydrogens is 428 g/mol. The number of aryl methyl sites for hydroxylation is 1. The van der Waals surface area contributed by atoms with E-state index in [1.165, 1.54) is 22.6 Å². The van der Waals surface area contributed by atoms with E-state index in [9.17, 15) is 8.42 Å². The van der Waals surface area contributed by atoms with Crippen molar-refractivity contribution in [2.45, 2.75) is 23.3 Å². The van der Waals surface area contributed by atoms with Crippen LogP contribution in [0.5, 0.6) is 11.5 Å². The van der Waals surface area contributed by atoms with Gasteiger partial charge in [-0.15, -0.1) is 0 Å². The number of ether oxygens (including phenoxy) is 2. The van der Waals surface area contributed by atoms with E-state index >= 15 is 0 Å². The minimum Gasteiger partial charge on any atom is -0.492 e. The molecule has 4 rings (SSSR count). The van der Waals surface area contributed by atoms with Crippen LogP contribution >= 0.6 is 0 Å². The van der Waals surface area contributed by atoms with Gasteiger partial charge < -0.3 is 14.8 Å². The van der Waals surface area contributed by atoms with Crippen LogP contribution in [0.15, 0.2) is 65.8 Å². The van der Waals surface area contributed by atoms with Gasteiger partial charge in [0.1, 0.15) is 29.6 Å². The highest BCUT2D eigenvalue weighted by Gasteiger charge is 2.30. The summed E-state index contributed by atoms with van der Waals surface area (Å²) in [5.41, 5.74) is 2.36. The summed E-state index contributed by atoms with van der Waals surface area (Å²) in [6, 6.07) is 16.4. The molecule has 1 aliphatic heterocycles. The standard InChI is InChI=1S/C23H28N4O4S/c1-24-22-16-31-23-9-8-18(13-21(23)20(22)12-17-6-4-3-5-7-17)30-11-10-26-32(28,29)19-14-25-27(2)15-19/h3-9,13-15,20,22,24,26H,10-12,16H2,1-2H3/t20-,22-/m1/s1. The largest absolute Gasteiger partial charge is 0.492 e. The molecule has 0 fully saturated rings. The first kappa shape index (κ1) is 22.3. The Bertz CT molecular complexity index is 1150. The number of likely N-dealkylation sites (N-methyl/N-ethyl adjacent to an activating group) is 1. The molecule has 0 amide bonds. The van der Waals surface area contributed by atoms with Gasteiger partial charge in [-0.25, -0.2) is 13.1 Å². The van der Waals surface area contributed by atoms with Gasteiger partial charge in [0, 0.05) is 37.3 Å². The van der Waals surface area contributed by atoms with Gasteiger partial charge in [-0.2, -0.15) is 5.10 Å². The summed E-state index contributed by atoms with van der Waals surface area (Å²) < 4.78 is 40.4.